The van der Waals surface area contributed by atoms with Crippen LogP contribution in [-0.2, 0) is 11.8 Å². The number of likely N-dealkylation sites (tertiary alicyclic amines) is 1. The highest BCUT2D eigenvalue weighted by atomic mass is 16.5. The minimum atomic E-state index is -0.416. The fourth-order valence-electron chi connectivity index (χ4n) is 2.35. The first kappa shape index (κ1) is 13.6. The molecule has 0 bridgehead atoms. The molecule has 1 saturated heterocycles. The number of hydrogen-bond donors (Lipinski definition) is 1. The molecular formula is C13H19N3O3. The minimum Gasteiger partial charge on any atom is -0.453 e. The normalized spacial score (nSPS) is 19.4. The number of amides is 1. The van der Waals surface area contributed by atoms with E-state index < -0.39 is 6.09 Å². The molecule has 0 saturated carbocycles. The van der Waals surface area contributed by atoms with Gasteiger partial charge in [-0.05, 0) is 18.6 Å². The molecule has 2 rings (SSSR count). The molecule has 1 amide bonds. The first-order chi connectivity index (χ1) is 9.10. The first-order valence-corrected chi connectivity index (χ1v) is 6.31. The van der Waals surface area contributed by atoms with Crippen molar-refractivity contribution in [2.75, 3.05) is 26.7 Å². The molecule has 1 aliphatic heterocycles. The van der Waals surface area contributed by atoms with Crippen LogP contribution in [0.4, 0.5) is 4.79 Å². The van der Waals surface area contributed by atoms with E-state index in [1.165, 1.54) is 7.11 Å². The molecule has 1 unspecified atom stereocenters. The van der Waals surface area contributed by atoms with Gasteiger partial charge in [-0.15, -0.1) is 0 Å². The fraction of sp³-hybridized carbons (Fsp3) is 0.538. The Labute approximate surface area is 112 Å². The highest BCUT2D eigenvalue weighted by molar-refractivity contribution is 5.96. The smallest absolute Gasteiger partial charge is 0.407 e. The van der Waals surface area contributed by atoms with E-state index in [1.807, 2.05) is 29.9 Å². The second kappa shape index (κ2) is 5.88. The largest absolute Gasteiger partial charge is 0.453 e. The molecule has 1 N–H and O–H groups in total. The molecule has 6 heteroatoms. The molecule has 6 nitrogen and oxygen atoms in total. The van der Waals surface area contributed by atoms with E-state index in [0.717, 1.165) is 13.0 Å². The zero-order valence-electron chi connectivity index (χ0n) is 11.3. The number of aryl methyl sites for hydroxylation is 1. The molecule has 1 aromatic heterocycles. The number of aromatic nitrogens is 1. The molecule has 0 aromatic carbocycles. The molecule has 0 spiro atoms. The topological polar surface area (TPSA) is 63.6 Å². The number of ketones is 1. The lowest BCUT2D eigenvalue weighted by atomic mass is 10.2. The summed E-state index contributed by atoms with van der Waals surface area (Å²) < 4.78 is 6.39. The van der Waals surface area contributed by atoms with Gasteiger partial charge in [-0.25, -0.2) is 4.79 Å². The molecular weight excluding hydrogens is 246 g/mol. The number of rotatable bonds is 4. The maximum atomic E-state index is 12.1. The monoisotopic (exact) mass is 265 g/mol. The summed E-state index contributed by atoms with van der Waals surface area (Å²) >= 11 is 0. The van der Waals surface area contributed by atoms with Gasteiger partial charge >= 0.3 is 6.09 Å². The number of hydrogen-bond acceptors (Lipinski definition) is 4. The van der Waals surface area contributed by atoms with Gasteiger partial charge in [0.25, 0.3) is 0 Å². The van der Waals surface area contributed by atoms with Crippen molar-refractivity contribution in [1.82, 2.24) is 14.8 Å². The van der Waals surface area contributed by atoms with Crippen molar-refractivity contribution < 1.29 is 14.3 Å². The quantitative estimate of drug-likeness (QED) is 0.811. The van der Waals surface area contributed by atoms with Gasteiger partial charge in [0.2, 0.25) is 0 Å². The van der Waals surface area contributed by atoms with Gasteiger partial charge in [0.1, 0.15) is 0 Å². The van der Waals surface area contributed by atoms with Crippen LogP contribution in [0.2, 0.25) is 0 Å². The second-order valence-electron chi connectivity index (χ2n) is 4.78. The molecule has 1 fully saturated rings. The summed E-state index contributed by atoms with van der Waals surface area (Å²) in [6.45, 7) is 1.88. The Morgan fingerprint density at radius 3 is 2.95 bits per heavy atom. The second-order valence-corrected chi connectivity index (χ2v) is 4.78. The van der Waals surface area contributed by atoms with Gasteiger partial charge in [0.05, 0.1) is 19.3 Å². The third kappa shape index (κ3) is 3.35. The number of alkyl carbamates (subject to hydrolysis) is 1. The minimum absolute atomic E-state index is 0.0636. The summed E-state index contributed by atoms with van der Waals surface area (Å²) in [5, 5.41) is 2.76. The van der Waals surface area contributed by atoms with Crippen LogP contribution in [0.15, 0.2) is 18.3 Å². The van der Waals surface area contributed by atoms with Crippen LogP contribution in [-0.4, -0.2) is 54.1 Å². The number of Topliss-reactive ketones (excluding diaryl/α,β-unsaturated/α-hetero) is 1. The Bertz CT molecular complexity index is 469. The summed E-state index contributed by atoms with van der Waals surface area (Å²) in [5.41, 5.74) is 0.712. The van der Waals surface area contributed by atoms with Gasteiger partial charge in [-0.2, -0.15) is 0 Å². The molecule has 1 aliphatic rings. The van der Waals surface area contributed by atoms with Gasteiger partial charge < -0.3 is 14.6 Å². The van der Waals surface area contributed by atoms with E-state index in [-0.39, 0.29) is 11.8 Å². The van der Waals surface area contributed by atoms with Crippen molar-refractivity contribution in [3.8, 4) is 0 Å². The van der Waals surface area contributed by atoms with Crippen LogP contribution in [0.5, 0.6) is 0 Å². The predicted octanol–water partition coefficient (Wildman–Crippen LogP) is 0.638. The van der Waals surface area contributed by atoms with E-state index in [2.05, 4.69) is 15.0 Å². The Balaban J connectivity index is 1.84. The summed E-state index contributed by atoms with van der Waals surface area (Å²) in [5.74, 6) is 0.103. The number of ether oxygens (including phenoxy) is 1. The third-order valence-electron chi connectivity index (χ3n) is 3.38. The molecule has 104 valence electrons. The number of nitrogens with zero attached hydrogens (tertiary/aromatic N) is 2. The molecule has 19 heavy (non-hydrogen) atoms. The van der Waals surface area contributed by atoms with E-state index in [9.17, 15) is 9.59 Å². The third-order valence-corrected chi connectivity index (χ3v) is 3.38. The standard InChI is InChI=1S/C13H19N3O3/c1-15-6-3-4-11(15)12(17)9-16-7-5-10(8-16)14-13(18)19-2/h3-4,6,10H,5,7-9H2,1-2H3,(H,14,18). The average Bonchev–Trinajstić information content (AvgIpc) is 2.98. The zero-order chi connectivity index (χ0) is 13.8. The Morgan fingerprint density at radius 2 is 2.32 bits per heavy atom. The van der Waals surface area contributed by atoms with Crippen LogP contribution < -0.4 is 5.32 Å². The number of carbonyl (C=O) groups excluding carboxylic acids is 2. The predicted molar refractivity (Wildman–Crippen MR) is 70.1 cm³/mol. The van der Waals surface area contributed by atoms with Gasteiger partial charge in [0, 0.05) is 32.4 Å². The lowest BCUT2D eigenvalue weighted by Crippen LogP contribution is -2.38. The van der Waals surface area contributed by atoms with E-state index in [4.69, 9.17) is 0 Å². The van der Waals surface area contributed by atoms with Gasteiger partial charge in [0.15, 0.2) is 5.78 Å². The number of methoxy groups -OCH3 is 1. The summed E-state index contributed by atoms with van der Waals surface area (Å²) in [6.07, 6.45) is 2.29. The Hall–Kier alpha value is -1.82. The van der Waals surface area contributed by atoms with Crippen molar-refractivity contribution in [3.63, 3.8) is 0 Å². The molecule has 1 atom stereocenters. The molecule has 1 aromatic rings. The Kier molecular flexibility index (Phi) is 4.21. The number of carbonyl (C=O) groups is 2. The summed E-state index contributed by atoms with van der Waals surface area (Å²) in [4.78, 5) is 25.3. The van der Waals surface area contributed by atoms with Gasteiger partial charge in [-0.3, -0.25) is 9.69 Å². The highest BCUT2D eigenvalue weighted by Gasteiger charge is 2.26. The number of nitrogens with one attached hydrogen (secondary N) is 1. The van der Waals surface area contributed by atoms with Crippen molar-refractivity contribution >= 4 is 11.9 Å². The lowest BCUT2D eigenvalue weighted by molar-refractivity contribution is 0.0936. The Morgan fingerprint density at radius 1 is 1.53 bits per heavy atom. The van der Waals surface area contributed by atoms with E-state index in [1.54, 1.807) is 0 Å². The zero-order valence-corrected chi connectivity index (χ0v) is 11.3. The van der Waals surface area contributed by atoms with Crippen molar-refractivity contribution in [1.29, 1.82) is 0 Å². The van der Waals surface area contributed by atoms with Crippen LogP contribution in [0.3, 0.4) is 0 Å². The first-order valence-electron chi connectivity index (χ1n) is 6.31. The fourth-order valence-corrected chi connectivity index (χ4v) is 2.35. The van der Waals surface area contributed by atoms with Gasteiger partial charge in [-0.1, -0.05) is 0 Å². The van der Waals surface area contributed by atoms with Crippen molar-refractivity contribution in [3.05, 3.63) is 24.0 Å². The van der Waals surface area contributed by atoms with Crippen LogP contribution in [0.25, 0.3) is 0 Å². The average molecular weight is 265 g/mol. The van der Waals surface area contributed by atoms with Crippen molar-refractivity contribution in [2.24, 2.45) is 7.05 Å². The van der Waals surface area contributed by atoms with E-state index >= 15 is 0 Å². The van der Waals surface area contributed by atoms with Crippen molar-refractivity contribution in [2.45, 2.75) is 12.5 Å². The maximum Gasteiger partial charge on any atom is 0.407 e. The molecule has 2 heterocycles. The molecule has 0 aliphatic carbocycles. The summed E-state index contributed by atoms with van der Waals surface area (Å²) in [7, 11) is 3.21. The SMILES string of the molecule is COC(=O)NC1CCN(CC(=O)c2cccn2C)C1. The van der Waals surface area contributed by atoms with Crippen LogP contribution >= 0.6 is 0 Å². The maximum absolute atomic E-state index is 12.1. The van der Waals surface area contributed by atoms with Crippen LogP contribution in [0, 0.1) is 0 Å². The summed E-state index contributed by atoms with van der Waals surface area (Å²) in [6, 6.07) is 3.75. The molecule has 0 radical (unpaired) electrons. The van der Waals surface area contributed by atoms with E-state index in [0.29, 0.717) is 18.8 Å². The highest BCUT2D eigenvalue weighted by Crippen LogP contribution is 2.11. The lowest BCUT2D eigenvalue weighted by Gasteiger charge is -2.15. The van der Waals surface area contributed by atoms with Crippen LogP contribution in [0.1, 0.15) is 16.9 Å².